The molecule has 0 aliphatic carbocycles. The van der Waals surface area contributed by atoms with E-state index in [2.05, 4.69) is 5.32 Å². The summed E-state index contributed by atoms with van der Waals surface area (Å²) in [4.78, 5) is 11.6. The van der Waals surface area contributed by atoms with Crippen molar-refractivity contribution in [2.24, 2.45) is 0 Å². The third-order valence-electron chi connectivity index (χ3n) is 2.12. The third kappa shape index (κ3) is 2.87. The Kier molecular flexibility index (Phi) is 3.69. The van der Waals surface area contributed by atoms with Gasteiger partial charge in [-0.25, -0.2) is 0 Å². The molecule has 0 bridgehead atoms. The SMILES string of the molecule is CC(C)NC(=O)C(C)c1ccccc1.[HH]. The summed E-state index contributed by atoms with van der Waals surface area (Å²) in [5.74, 6) is 0.0183. The van der Waals surface area contributed by atoms with Crippen molar-refractivity contribution in [1.29, 1.82) is 0 Å². The zero-order chi connectivity index (χ0) is 10.6. The summed E-state index contributed by atoms with van der Waals surface area (Å²) < 4.78 is 0. The predicted octanol–water partition coefficient (Wildman–Crippen LogP) is 2.56. The minimum Gasteiger partial charge on any atom is -0.353 e. The van der Waals surface area contributed by atoms with Crippen molar-refractivity contribution >= 4 is 5.91 Å². The summed E-state index contributed by atoms with van der Waals surface area (Å²) in [6.07, 6.45) is 0. The van der Waals surface area contributed by atoms with Gasteiger partial charge in [0, 0.05) is 7.47 Å². The lowest BCUT2D eigenvalue weighted by atomic mass is 10.0. The Balaban J connectivity index is 0.00000196. The van der Waals surface area contributed by atoms with Gasteiger partial charge in [-0.2, -0.15) is 0 Å². The van der Waals surface area contributed by atoms with Crippen LogP contribution in [0.15, 0.2) is 30.3 Å². The topological polar surface area (TPSA) is 29.1 Å². The van der Waals surface area contributed by atoms with Gasteiger partial charge in [-0.15, -0.1) is 0 Å². The molecular weight excluding hydrogens is 174 g/mol. The minimum absolute atomic E-state index is 0. The van der Waals surface area contributed by atoms with Gasteiger partial charge in [-0.05, 0) is 26.3 Å². The molecule has 1 rings (SSSR count). The molecule has 0 aliphatic heterocycles. The number of hydrogen-bond acceptors (Lipinski definition) is 1. The van der Waals surface area contributed by atoms with E-state index in [4.69, 9.17) is 0 Å². The lowest BCUT2D eigenvalue weighted by Crippen LogP contribution is -2.33. The number of nitrogens with one attached hydrogen (secondary N) is 1. The molecule has 2 nitrogen and oxygen atoms in total. The van der Waals surface area contributed by atoms with Crippen molar-refractivity contribution in [3.63, 3.8) is 0 Å². The standard InChI is InChI=1S/C12H17NO.H2/c1-9(2)13-12(14)10(3)11-7-5-4-6-8-11;/h4-10H,1-3H3,(H,13,14);1H. The normalized spacial score (nSPS) is 12.6. The fourth-order valence-corrected chi connectivity index (χ4v) is 1.30. The average Bonchev–Trinajstić information content (AvgIpc) is 2.17. The Bertz CT molecular complexity index is 298. The van der Waals surface area contributed by atoms with Crippen LogP contribution in [0.25, 0.3) is 0 Å². The summed E-state index contributed by atoms with van der Waals surface area (Å²) in [5, 5.41) is 2.90. The molecule has 0 spiro atoms. The molecule has 0 heterocycles. The largest absolute Gasteiger partial charge is 0.353 e. The van der Waals surface area contributed by atoms with Crippen LogP contribution in [0.1, 0.15) is 33.7 Å². The van der Waals surface area contributed by atoms with Gasteiger partial charge in [0.05, 0.1) is 5.92 Å². The van der Waals surface area contributed by atoms with Crippen molar-refractivity contribution in [3.05, 3.63) is 35.9 Å². The molecule has 0 aromatic heterocycles. The fraction of sp³-hybridized carbons (Fsp3) is 0.417. The maximum Gasteiger partial charge on any atom is 0.227 e. The Morgan fingerprint density at radius 1 is 1.21 bits per heavy atom. The Hall–Kier alpha value is -1.31. The molecule has 1 N–H and O–H groups in total. The molecule has 1 aromatic rings. The molecular formula is C12H19NO. The van der Waals surface area contributed by atoms with Gasteiger partial charge >= 0.3 is 0 Å². The first kappa shape index (κ1) is 10.8. The molecule has 1 amide bonds. The quantitative estimate of drug-likeness (QED) is 0.785. The Morgan fingerprint density at radius 2 is 1.79 bits per heavy atom. The van der Waals surface area contributed by atoms with Crippen molar-refractivity contribution in [3.8, 4) is 0 Å². The first-order valence-electron chi connectivity index (χ1n) is 4.96. The van der Waals surface area contributed by atoms with Crippen molar-refractivity contribution in [2.75, 3.05) is 0 Å². The van der Waals surface area contributed by atoms with Gasteiger partial charge < -0.3 is 5.32 Å². The second-order valence-electron chi connectivity index (χ2n) is 3.80. The molecule has 1 atom stereocenters. The molecule has 14 heavy (non-hydrogen) atoms. The van der Waals surface area contributed by atoms with Crippen LogP contribution >= 0.6 is 0 Å². The van der Waals surface area contributed by atoms with E-state index in [0.29, 0.717) is 0 Å². The Labute approximate surface area is 86.8 Å². The summed E-state index contributed by atoms with van der Waals surface area (Å²) in [6.45, 7) is 5.86. The highest BCUT2D eigenvalue weighted by molar-refractivity contribution is 5.83. The summed E-state index contributed by atoms with van der Waals surface area (Å²) >= 11 is 0. The molecule has 0 radical (unpaired) electrons. The fourth-order valence-electron chi connectivity index (χ4n) is 1.30. The third-order valence-corrected chi connectivity index (χ3v) is 2.12. The van der Waals surface area contributed by atoms with Crippen molar-refractivity contribution in [2.45, 2.75) is 32.7 Å². The first-order valence-corrected chi connectivity index (χ1v) is 4.96. The number of amides is 1. The van der Waals surface area contributed by atoms with Gasteiger partial charge in [0.2, 0.25) is 5.91 Å². The lowest BCUT2D eigenvalue weighted by Gasteiger charge is -2.14. The smallest absolute Gasteiger partial charge is 0.227 e. The molecule has 0 saturated heterocycles. The van der Waals surface area contributed by atoms with Gasteiger partial charge in [0.25, 0.3) is 0 Å². The second-order valence-corrected chi connectivity index (χ2v) is 3.80. The monoisotopic (exact) mass is 193 g/mol. The van der Waals surface area contributed by atoms with E-state index in [1.165, 1.54) is 0 Å². The number of carbonyl (C=O) groups is 1. The van der Waals surface area contributed by atoms with Crippen molar-refractivity contribution in [1.82, 2.24) is 5.32 Å². The molecule has 2 heteroatoms. The van der Waals surface area contributed by atoms with Crippen LogP contribution in [0.5, 0.6) is 0 Å². The first-order chi connectivity index (χ1) is 6.61. The second kappa shape index (κ2) is 4.80. The van der Waals surface area contributed by atoms with E-state index in [9.17, 15) is 4.79 Å². The van der Waals surface area contributed by atoms with Crippen LogP contribution in [0, 0.1) is 0 Å². The highest BCUT2D eigenvalue weighted by atomic mass is 16.1. The Morgan fingerprint density at radius 3 is 2.29 bits per heavy atom. The summed E-state index contributed by atoms with van der Waals surface area (Å²) in [6, 6.07) is 10.0. The van der Waals surface area contributed by atoms with Gasteiger partial charge in [0.15, 0.2) is 0 Å². The summed E-state index contributed by atoms with van der Waals surface area (Å²) in [5.41, 5.74) is 1.06. The van der Waals surface area contributed by atoms with Gasteiger partial charge in [-0.1, -0.05) is 30.3 Å². The van der Waals surface area contributed by atoms with Crippen LogP contribution in [0.4, 0.5) is 0 Å². The minimum atomic E-state index is -0.0707. The molecule has 0 fully saturated rings. The lowest BCUT2D eigenvalue weighted by molar-refractivity contribution is -0.122. The average molecular weight is 193 g/mol. The number of hydrogen-bond donors (Lipinski definition) is 1. The van der Waals surface area contributed by atoms with Crippen LogP contribution in [-0.2, 0) is 4.79 Å². The van der Waals surface area contributed by atoms with Crippen LogP contribution in [-0.4, -0.2) is 11.9 Å². The number of carbonyl (C=O) groups excluding carboxylic acids is 1. The number of benzene rings is 1. The molecule has 78 valence electrons. The molecule has 0 saturated carbocycles. The molecule has 1 unspecified atom stereocenters. The van der Waals surface area contributed by atoms with E-state index in [1.807, 2.05) is 51.1 Å². The maximum absolute atomic E-state index is 11.6. The molecule has 0 aliphatic rings. The van der Waals surface area contributed by atoms with Gasteiger partial charge in [0.1, 0.15) is 0 Å². The van der Waals surface area contributed by atoms with E-state index in [0.717, 1.165) is 5.56 Å². The molecule has 1 aromatic carbocycles. The van der Waals surface area contributed by atoms with Crippen LogP contribution in [0.2, 0.25) is 0 Å². The van der Waals surface area contributed by atoms with E-state index in [-0.39, 0.29) is 19.3 Å². The highest BCUT2D eigenvalue weighted by Crippen LogP contribution is 2.14. The van der Waals surface area contributed by atoms with E-state index < -0.39 is 0 Å². The van der Waals surface area contributed by atoms with Crippen LogP contribution < -0.4 is 5.32 Å². The van der Waals surface area contributed by atoms with Gasteiger partial charge in [-0.3, -0.25) is 4.79 Å². The zero-order valence-corrected chi connectivity index (χ0v) is 8.95. The highest BCUT2D eigenvalue weighted by Gasteiger charge is 2.14. The maximum atomic E-state index is 11.6. The van der Waals surface area contributed by atoms with E-state index >= 15 is 0 Å². The zero-order valence-electron chi connectivity index (χ0n) is 8.95. The number of rotatable bonds is 3. The van der Waals surface area contributed by atoms with Crippen LogP contribution in [0.3, 0.4) is 0 Å². The predicted molar refractivity (Wildman–Crippen MR) is 60.2 cm³/mol. The van der Waals surface area contributed by atoms with Crippen molar-refractivity contribution < 1.29 is 6.22 Å². The summed E-state index contributed by atoms with van der Waals surface area (Å²) in [7, 11) is 0. The van der Waals surface area contributed by atoms with E-state index in [1.54, 1.807) is 0 Å².